The molecule has 0 aromatic heterocycles. The fourth-order valence-electron chi connectivity index (χ4n) is 0.539. The molecule has 0 aromatic rings. The number of carbonyl (C=O) groups is 1. The maximum atomic E-state index is 9.44. The Hall–Kier alpha value is -0.370. The highest BCUT2D eigenvalue weighted by Crippen LogP contribution is 1.95. The number of rotatable bonds is 4. The van der Waals surface area contributed by atoms with Crippen LogP contribution in [0, 0.1) is 0 Å². The zero-order valence-corrected chi connectivity index (χ0v) is 10.6. The molecular formula is C12H28O2. The molecule has 2 nitrogen and oxygen atoms in total. The highest BCUT2D eigenvalue weighted by Gasteiger charge is 1.80. The minimum absolute atomic E-state index is 0.167. The first-order valence-electron chi connectivity index (χ1n) is 5.64. The van der Waals surface area contributed by atoms with E-state index < -0.39 is 0 Å². The summed E-state index contributed by atoms with van der Waals surface area (Å²) in [6.45, 7) is 9.83. The normalized spacial score (nSPS) is 7.86. The van der Waals surface area contributed by atoms with Gasteiger partial charge in [0, 0.05) is 6.61 Å². The second-order valence-electron chi connectivity index (χ2n) is 3.40. The summed E-state index contributed by atoms with van der Waals surface area (Å²) in [5, 5.41) is 8.29. The summed E-state index contributed by atoms with van der Waals surface area (Å²) < 4.78 is 0. The number of unbranched alkanes of at least 4 members (excludes halogenated alkanes) is 3. The van der Waals surface area contributed by atoms with Crippen molar-refractivity contribution in [1.82, 2.24) is 0 Å². The van der Waals surface area contributed by atoms with Crippen LogP contribution in [0.4, 0.5) is 0 Å². The second kappa shape index (κ2) is 22.9. The number of hydrogen-bond donors (Lipinski definition) is 1. The Morgan fingerprint density at radius 3 is 1.57 bits per heavy atom. The zero-order valence-electron chi connectivity index (χ0n) is 10.6. The summed E-state index contributed by atoms with van der Waals surface area (Å²) in [5.41, 5.74) is 0. The number of aliphatic hydroxyl groups excluding tert-OH is 1. The molecule has 2 heteroatoms. The smallest absolute Gasteiger partial charge is 0.126 e. The minimum Gasteiger partial charge on any atom is -0.396 e. The number of hydrogen-bond acceptors (Lipinski definition) is 2. The number of ketones is 1. The van der Waals surface area contributed by atoms with Gasteiger partial charge in [0.05, 0.1) is 0 Å². The maximum Gasteiger partial charge on any atom is 0.126 e. The fraction of sp³-hybridized carbons (Fsp3) is 0.917. The predicted octanol–water partition coefficient (Wildman–Crippen LogP) is 3.57. The summed E-state index contributed by atoms with van der Waals surface area (Å²) in [6.07, 6.45) is 5.93. The van der Waals surface area contributed by atoms with Crippen LogP contribution in [0.25, 0.3) is 0 Å². The monoisotopic (exact) mass is 204 g/mol. The van der Waals surface area contributed by atoms with Gasteiger partial charge >= 0.3 is 0 Å². The molecule has 0 heterocycles. The third-order valence-corrected chi connectivity index (χ3v) is 1.01. The highest BCUT2D eigenvalue weighted by atomic mass is 16.2. The van der Waals surface area contributed by atoms with Gasteiger partial charge in [0.15, 0.2) is 0 Å². The first-order valence-corrected chi connectivity index (χ1v) is 5.64. The molecule has 0 aromatic carbocycles. The number of aliphatic hydroxyl groups is 1. The molecule has 0 aliphatic rings. The van der Waals surface area contributed by atoms with Gasteiger partial charge in [-0.3, -0.25) is 0 Å². The summed E-state index contributed by atoms with van der Waals surface area (Å²) in [5.74, 6) is 0.167. The number of carbonyl (C=O) groups excluding carboxylic acids is 1. The van der Waals surface area contributed by atoms with Gasteiger partial charge in [0.25, 0.3) is 0 Å². The average molecular weight is 204 g/mol. The SMILES string of the molecule is CC(C)=O.CCC.CCCCCCO. The quantitative estimate of drug-likeness (QED) is 0.711. The molecule has 0 aliphatic heterocycles. The maximum absolute atomic E-state index is 9.44. The van der Waals surface area contributed by atoms with Crippen molar-refractivity contribution in [1.29, 1.82) is 0 Å². The molecule has 0 fully saturated rings. The van der Waals surface area contributed by atoms with Crippen molar-refractivity contribution in [3.05, 3.63) is 0 Å². The van der Waals surface area contributed by atoms with E-state index in [1.54, 1.807) is 0 Å². The molecule has 0 bridgehead atoms. The van der Waals surface area contributed by atoms with Crippen molar-refractivity contribution in [3.8, 4) is 0 Å². The lowest BCUT2D eigenvalue weighted by molar-refractivity contribution is -0.114. The molecule has 1 N–H and O–H groups in total. The fourth-order valence-corrected chi connectivity index (χ4v) is 0.539. The first kappa shape index (κ1) is 19.2. The summed E-state index contributed by atoms with van der Waals surface area (Å²) >= 11 is 0. The van der Waals surface area contributed by atoms with E-state index in [0.717, 1.165) is 6.42 Å². The van der Waals surface area contributed by atoms with Gasteiger partial charge < -0.3 is 9.90 Å². The van der Waals surface area contributed by atoms with Crippen LogP contribution in [0.5, 0.6) is 0 Å². The summed E-state index contributed by atoms with van der Waals surface area (Å²) in [6, 6.07) is 0. The van der Waals surface area contributed by atoms with Crippen LogP contribution < -0.4 is 0 Å². The average Bonchev–Trinajstić information content (AvgIpc) is 2.06. The van der Waals surface area contributed by atoms with Crippen LogP contribution in [0.1, 0.15) is 66.7 Å². The van der Waals surface area contributed by atoms with Crippen LogP contribution in [-0.4, -0.2) is 17.5 Å². The van der Waals surface area contributed by atoms with E-state index in [-0.39, 0.29) is 5.78 Å². The molecule has 88 valence electrons. The van der Waals surface area contributed by atoms with Crippen LogP contribution in [-0.2, 0) is 4.79 Å². The van der Waals surface area contributed by atoms with E-state index in [4.69, 9.17) is 5.11 Å². The Morgan fingerprint density at radius 2 is 1.36 bits per heavy atom. The Balaban J connectivity index is -0.000000147. The van der Waals surface area contributed by atoms with Crippen LogP contribution in [0.15, 0.2) is 0 Å². The molecule has 0 amide bonds. The lowest BCUT2D eigenvalue weighted by atomic mass is 10.2. The summed E-state index contributed by atoms with van der Waals surface area (Å²) in [7, 11) is 0. The minimum atomic E-state index is 0.167. The van der Waals surface area contributed by atoms with E-state index in [0.29, 0.717) is 6.61 Å². The predicted molar refractivity (Wildman–Crippen MR) is 63.5 cm³/mol. The van der Waals surface area contributed by atoms with Crippen molar-refractivity contribution in [3.63, 3.8) is 0 Å². The molecule has 0 unspecified atom stereocenters. The molecule has 0 spiro atoms. The van der Waals surface area contributed by atoms with Crippen molar-refractivity contribution in [2.24, 2.45) is 0 Å². The molecule has 0 saturated carbocycles. The Kier molecular flexibility index (Phi) is 31.5. The lowest BCUT2D eigenvalue weighted by Crippen LogP contribution is -1.80. The van der Waals surface area contributed by atoms with Gasteiger partial charge in [-0.25, -0.2) is 0 Å². The summed E-state index contributed by atoms with van der Waals surface area (Å²) in [4.78, 5) is 9.44. The van der Waals surface area contributed by atoms with Gasteiger partial charge in [-0.1, -0.05) is 46.5 Å². The van der Waals surface area contributed by atoms with Crippen LogP contribution in [0.3, 0.4) is 0 Å². The van der Waals surface area contributed by atoms with E-state index >= 15 is 0 Å². The van der Waals surface area contributed by atoms with Crippen LogP contribution in [0.2, 0.25) is 0 Å². The topological polar surface area (TPSA) is 37.3 Å². The van der Waals surface area contributed by atoms with Crippen molar-refractivity contribution in [2.45, 2.75) is 66.7 Å². The van der Waals surface area contributed by atoms with E-state index in [2.05, 4.69) is 20.8 Å². The van der Waals surface area contributed by atoms with Gasteiger partial charge in [0.2, 0.25) is 0 Å². The van der Waals surface area contributed by atoms with Gasteiger partial charge in [-0.15, -0.1) is 0 Å². The first-order chi connectivity index (χ1) is 6.56. The zero-order chi connectivity index (χ0) is 11.8. The largest absolute Gasteiger partial charge is 0.396 e. The second-order valence-corrected chi connectivity index (χ2v) is 3.40. The van der Waals surface area contributed by atoms with E-state index in [1.807, 2.05) is 0 Å². The molecule has 0 radical (unpaired) electrons. The third-order valence-electron chi connectivity index (χ3n) is 1.01. The van der Waals surface area contributed by atoms with Gasteiger partial charge in [-0.2, -0.15) is 0 Å². The Bertz CT molecular complexity index is 82.3. The molecule has 0 saturated heterocycles. The van der Waals surface area contributed by atoms with Crippen LogP contribution >= 0.6 is 0 Å². The van der Waals surface area contributed by atoms with Crippen molar-refractivity contribution in [2.75, 3.05) is 6.61 Å². The van der Waals surface area contributed by atoms with Crippen molar-refractivity contribution < 1.29 is 9.90 Å². The van der Waals surface area contributed by atoms with E-state index in [1.165, 1.54) is 39.5 Å². The standard InChI is InChI=1S/C6H14O.C3H6O.C3H8/c1-2-3-4-5-6-7;1-3(2)4;1-3-2/h7H,2-6H2,1H3;1-2H3;3H2,1-2H3. The molecule has 0 aliphatic carbocycles. The molecule has 0 rings (SSSR count). The molecule has 14 heavy (non-hydrogen) atoms. The molecular weight excluding hydrogens is 176 g/mol. The lowest BCUT2D eigenvalue weighted by Gasteiger charge is -1.90. The third kappa shape index (κ3) is 99.7. The Morgan fingerprint density at radius 1 is 1.00 bits per heavy atom. The van der Waals surface area contributed by atoms with Gasteiger partial charge in [-0.05, 0) is 20.3 Å². The van der Waals surface area contributed by atoms with Crippen molar-refractivity contribution >= 4 is 5.78 Å². The highest BCUT2D eigenvalue weighted by molar-refractivity contribution is 5.72. The van der Waals surface area contributed by atoms with E-state index in [9.17, 15) is 4.79 Å². The Labute approximate surface area is 89.7 Å². The molecule has 0 atom stereocenters. The number of Topliss-reactive ketones (excluding diaryl/α,β-unsaturated/α-hetero) is 1. The van der Waals surface area contributed by atoms with Gasteiger partial charge in [0.1, 0.15) is 5.78 Å².